The molecule has 2 N–H and O–H groups in total. The Hall–Kier alpha value is -1.47. The van der Waals surface area contributed by atoms with Crippen LogP contribution in [0.15, 0.2) is 5.38 Å². The number of aliphatic carboxylic acids is 1. The van der Waals surface area contributed by atoms with E-state index >= 15 is 0 Å². The molecular weight excluding hydrogens is 280 g/mol. The van der Waals surface area contributed by atoms with Gasteiger partial charge in [-0.05, 0) is 32.6 Å². The first-order valence-electron chi connectivity index (χ1n) is 6.67. The van der Waals surface area contributed by atoms with Crippen LogP contribution in [0.5, 0.6) is 0 Å². The van der Waals surface area contributed by atoms with Gasteiger partial charge in [-0.3, -0.25) is 14.9 Å². The molecule has 2 atom stereocenters. The van der Waals surface area contributed by atoms with Gasteiger partial charge in [0, 0.05) is 11.8 Å². The molecule has 1 aliphatic rings. The highest BCUT2D eigenvalue weighted by atomic mass is 32.1. The summed E-state index contributed by atoms with van der Waals surface area (Å²) in [5.74, 6) is -0.956. The molecule has 2 rings (SSSR count). The summed E-state index contributed by atoms with van der Waals surface area (Å²) in [6, 6.07) is 0. The van der Waals surface area contributed by atoms with E-state index in [0.29, 0.717) is 18.0 Å². The molecule has 7 heteroatoms. The van der Waals surface area contributed by atoms with Crippen molar-refractivity contribution < 1.29 is 19.4 Å². The zero-order valence-corrected chi connectivity index (χ0v) is 12.1. The van der Waals surface area contributed by atoms with Gasteiger partial charge in [-0.25, -0.2) is 4.98 Å². The van der Waals surface area contributed by atoms with Crippen LogP contribution >= 0.6 is 11.3 Å². The zero-order valence-electron chi connectivity index (χ0n) is 11.3. The summed E-state index contributed by atoms with van der Waals surface area (Å²) >= 11 is 1.35. The Morgan fingerprint density at radius 2 is 2.35 bits per heavy atom. The van der Waals surface area contributed by atoms with Crippen molar-refractivity contribution in [3.8, 4) is 0 Å². The molecule has 1 aromatic rings. The highest BCUT2D eigenvalue weighted by Crippen LogP contribution is 2.22. The highest BCUT2D eigenvalue weighted by molar-refractivity contribution is 7.13. The second-order valence-corrected chi connectivity index (χ2v) is 5.75. The molecule has 0 aromatic carbocycles. The number of thiazole rings is 1. The van der Waals surface area contributed by atoms with Gasteiger partial charge in [-0.2, -0.15) is 0 Å². The van der Waals surface area contributed by atoms with Crippen molar-refractivity contribution in [1.29, 1.82) is 0 Å². The quantitative estimate of drug-likeness (QED) is 0.839. The van der Waals surface area contributed by atoms with Crippen LogP contribution in [-0.2, 0) is 20.7 Å². The predicted octanol–water partition coefficient (Wildman–Crippen LogP) is 2.06. The number of aromatic nitrogens is 1. The average molecular weight is 298 g/mol. The fraction of sp³-hybridized carbons (Fsp3) is 0.615. The molecule has 1 amide bonds. The van der Waals surface area contributed by atoms with E-state index in [9.17, 15) is 9.59 Å². The summed E-state index contributed by atoms with van der Waals surface area (Å²) in [4.78, 5) is 26.6. The Bertz CT molecular complexity index is 488. The van der Waals surface area contributed by atoms with Gasteiger partial charge in [-0.15, -0.1) is 11.3 Å². The molecule has 0 spiro atoms. The van der Waals surface area contributed by atoms with Crippen LogP contribution in [0.1, 0.15) is 38.3 Å². The molecule has 1 saturated heterocycles. The van der Waals surface area contributed by atoms with Crippen LogP contribution in [-0.4, -0.2) is 34.2 Å². The van der Waals surface area contributed by atoms with E-state index in [1.54, 1.807) is 0 Å². The molecule has 110 valence electrons. The fourth-order valence-corrected chi connectivity index (χ4v) is 2.83. The van der Waals surface area contributed by atoms with E-state index in [-0.39, 0.29) is 24.5 Å². The van der Waals surface area contributed by atoms with E-state index in [2.05, 4.69) is 10.3 Å². The Morgan fingerprint density at radius 3 is 3.00 bits per heavy atom. The van der Waals surface area contributed by atoms with Crippen molar-refractivity contribution in [2.24, 2.45) is 0 Å². The van der Waals surface area contributed by atoms with Crippen molar-refractivity contribution in [2.75, 3.05) is 5.32 Å². The lowest BCUT2D eigenvalue weighted by molar-refractivity contribution is -0.137. The van der Waals surface area contributed by atoms with Crippen molar-refractivity contribution in [1.82, 2.24) is 4.98 Å². The highest BCUT2D eigenvalue weighted by Gasteiger charge is 2.28. The van der Waals surface area contributed by atoms with Gasteiger partial charge in [0.05, 0.1) is 11.8 Å². The summed E-state index contributed by atoms with van der Waals surface area (Å²) in [5.41, 5.74) is 0.812. The lowest BCUT2D eigenvalue weighted by Gasteiger charge is -2.09. The molecule has 0 saturated carbocycles. The molecule has 20 heavy (non-hydrogen) atoms. The van der Waals surface area contributed by atoms with Crippen molar-refractivity contribution in [3.05, 3.63) is 11.1 Å². The first-order chi connectivity index (χ1) is 9.54. The Morgan fingerprint density at radius 1 is 1.55 bits per heavy atom. The molecule has 0 aliphatic carbocycles. The van der Waals surface area contributed by atoms with Gasteiger partial charge >= 0.3 is 5.97 Å². The number of aryl methyl sites for hydroxylation is 1. The Labute approximate surface area is 121 Å². The van der Waals surface area contributed by atoms with E-state index in [1.807, 2.05) is 12.3 Å². The van der Waals surface area contributed by atoms with Crippen LogP contribution in [0.3, 0.4) is 0 Å². The largest absolute Gasteiger partial charge is 0.481 e. The van der Waals surface area contributed by atoms with Crippen LogP contribution < -0.4 is 5.32 Å². The normalized spacial score (nSPS) is 21.9. The molecule has 1 aromatic heterocycles. The third-order valence-electron chi connectivity index (χ3n) is 3.13. The van der Waals surface area contributed by atoms with Crippen LogP contribution in [0.25, 0.3) is 0 Å². The lowest BCUT2D eigenvalue weighted by atomic mass is 10.2. The third kappa shape index (κ3) is 4.28. The van der Waals surface area contributed by atoms with Crippen LogP contribution in [0.4, 0.5) is 5.13 Å². The predicted molar refractivity (Wildman–Crippen MR) is 74.9 cm³/mol. The molecule has 2 unspecified atom stereocenters. The van der Waals surface area contributed by atoms with Crippen molar-refractivity contribution in [2.45, 2.75) is 51.2 Å². The van der Waals surface area contributed by atoms with Gasteiger partial charge in [-0.1, -0.05) is 0 Å². The molecule has 0 radical (unpaired) electrons. The van der Waals surface area contributed by atoms with Crippen molar-refractivity contribution >= 4 is 28.3 Å². The summed E-state index contributed by atoms with van der Waals surface area (Å²) in [6.07, 6.45) is 2.68. The minimum atomic E-state index is -0.804. The topological polar surface area (TPSA) is 88.5 Å². The number of ether oxygens (including phenoxy) is 1. The number of amides is 1. The van der Waals surface area contributed by atoms with E-state index < -0.39 is 5.97 Å². The number of carbonyl (C=O) groups excluding carboxylic acids is 1. The summed E-state index contributed by atoms with van der Waals surface area (Å²) in [5, 5.41) is 13.7. The Kier molecular flexibility index (Phi) is 5.08. The standard InChI is InChI=1S/C13H18N2O4S/c1-8-5-6-10(19-8)12(18)15-13-14-9(7-20-13)3-2-4-11(16)17/h7-8,10H,2-6H2,1H3,(H,16,17)(H,14,15,18). The molecular formula is C13H18N2O4S. The van der Waals surface area contributed by atoms with E-state index in [4.69, 9.17) is 9.84 Å². The molecule has 6 nitrogen and oxygen atoms in total. The summed E-state index contributed by atoms with van der Waals surface area (Å²) in [7, 11) is 0. The average Bonchev–Trinajstić information content (AvgIpc) is 2.98. The number of carbonyl (C=O) groups is 2. The van der Waals surface area contributed by atoms with Gasteiger partial charge in [0.2, 0.25) is 0 Å². The smallest absolute Gasteiger partial charge is 0.303 e. The maximum absolute atomic E-state index is 11.9. The first kappa shape index (κ1) is 14.9. The first-order valence-corrected chi connectivity index (χ1v) is 7.55. The lowest BCUT2D eigenvalue weighted by Crippen LogP contribution is -2.27. The summed E-state index contributed by atoms with van der Waals surface area (Å²) in [6.45, 7) is 1.96. The number of nitrogens with one attached hydrogen (secondary N) is 1. The monoisotopic (exact) mass is 298 g/mol. The molecule has 2 heterocycles. The second kappa shape index (κ2) is 6.81. The maximum Gasteiger partial charge on any atom is 0.303 e. The molecule has 0 bridgehead atoms. The second-order valence-electron chi connectivity index (χ2n) is 4.89. The third-order valence-corrected chi connectivity index (χ3v) is 3.94. The maximum atomic E-state index is 11.9. The number of carboxylic acid groups (broad SMARTS) is 1. The SMILES string of the molecule is CC1CCC(C(=O)Nc2nc(CCCC(=O)O)cs2)O1. The number of hydrogen-bond acceptors (Lipinski definition) is 5. The van der Waals surface area contributed by atoms with E-state index in [0.717, 1.165) is 18.5 Å². The molecule has 1 aliphatic heterocycles. The minimum absolute atomic E-state index is 0.132. The number of rotatable bonds is 6. The van der Waals surface area contributed by atoms with Crippen LogP contribution in [0, 0.1) is 0 Å². The van der Waals surface area contributed by atoms with Gasteiger partial charge < -0.3 is 9.84 Å². The number of nitrogens with zero attached hydrogens (tertiary/aromatic N) is 1. The molecule has 1 fully saturated rings. The van der Waals surface area contributed by atoms with Crippen molar-refractivity contribution in [3.63, 3.8) is 0 Å². The van der Waals surface area contributed by atoms with Crippen LogP contribution in [0.2, 0.25) is 0 Å². The number of carboxylic acids is 1. The summed E-state index contributed by atoms with van der Waals surface area (Å²) < 4.78 is 5.49. The van der Waals surface area contributed by atoms with Gasteiger partial charge in [0.1, 0.15) is 6.10 Å². The fourth-order valence-electron chi connectivity index (χ4n) is 2.08. The van der Waals surface area contributed by atoms with Gasteiger partial charge in [0.15, 0.2) is 5.13 Å². The number of hydrogen-bond donors (Lipinski definition) is 2. The van der Waals surface area contributed by atoms with E-state index in [1.165, 1.54) is 11.3 Å². The van der Waals surface area contributed by atoms with Gasteiger partial charge in [0.25, 0.3) is 5.91 Å². The Balaban J connectivity index is 1.80. The minimum Gasteiger partial charge on any atom is -0.481 e. The zero-order chi connectivity index (χ0) is 14.5. The number of anilines is 1.